The minimum Gasteiger partial charge on any atom is -0.496 e. The molecule has 0 bridgehead atoms. The molecule has 10 heteroatoms. The van der Waals surface area contributed by atoms with Crippen LogP contribution in [0.4, 0.5) is 17.4 Å². The van der Waals surface area contributed by atoms with Gasteiger partial charge in [-0.05, 0) is 31.2 Å². The van der Waals surface area contributed by atoms with Crippen LogP contribution in [0.25, 0.3) is 22.6 Å². The molecule has 1 saturated heterocycles. The second-order valence-corrected chi connectivity index (χ2v) is 8.48. The van der Waals surface area contributed by atoms with Gasteiger partial charge in [0.2, 0.25) is 5.91 Å². The maximum Gasteiger partial charge on any atom is 0.299 e. The fourth-order valence-electron chi connectivity index (χ4n) is 4.34. The van der Waals surface area contributed by atoms with Crippen LogP contribution in [0, 0.1) is 0 Å². The van der Waals surface area contributed by atoms with Crippen LogP contribution in [-0.2, 0) is 9.53 Å². The van der Waals surface area contributed by atoms with Crippen LogP contribution in [0.1, 0.15) is 6.92 Å². The summed E-state index contributed by atoms with van der Waals surface area (Å²) in [5.74, 6) is 1.83. The zero-order valence-corrected chi connectivity index (χ0v) is 20.8. The van der Waals surface area contributed by atoms with Crippen LogP contribution in [0.15, 0.2) is 70.1 Å². The normalized spacial score (nSPS) is 13.9. The molecule has 192 valence electrons. The summed E-state index contributed by atoms with van der Waals surface area (Å²) >= 11 is 0. The zero-order valence-electron chi connectivity index (χ0n) is 20.8. The number of amides is 1. The molecule has 1 fully saturated rings. The van der Waals surface area contributed by atoms with Crippen molar-refractivity contribution in [2.45, 2.75) is 6.92 Å². The van der Waals surface area contributed by atoms with E-state index in [0.717, 1.165) is 35.6 Å². The van der Waals surface area contributed by atoms with Gasteiger partial charge in [-0.3, -0.25) is 9.69 Å². The molecule has 10 nitrogen and oxygen atoms in total. The smallest absolute Gasteiger partial charge is 0.299 e. The Morgan fingerprint density at radius 2 is 1.95 bits per heavy atom. The molecule has 1 aliphatic heterocycles. The molecule has 1 amide bonds. The number of anilines is 3. The molecule has 2 aromatic heterocycles. The monoisotopic (exact) mass is 503 g/mol. The largest absolute Gasteiger partial charge is 0.496 e. The average molecular weight is 504 g/mol. The summed E-state index contributed by atoms with van der Waals surface area (Å²) in [6.45, 7) is 5.67. The van der Waals surface area contributed by atoms with Crippen molar-refractivity contribution in [3.05, 3.63) is 61.3 Å². The highest BCUT2D eigenvalue weighted by Gasteiger charge is 2.23. The Morgan fingerprint density at radius 1 is 1.11 bits per heavy atom. The summed E-state index contributed by atoms with van der Waals surface area (Å²) in [6.07, 6.45) is 4.67. The van der Waals surface area contributed by atoms with Gasteiger partial charge in [-0.2, -0.15) is 0 Å². The molecule has 0 atom stereocenters. The lowest BCUT2D eigenvalue weighted by Gasteiger charge is -2.29. The van der Waals surface area contributed by atoms with Gasteiger partial charge >= 0.3 is 0 Å². The van der Waals surface area contributed by atoms with E-state index >= 15 is 0 Å². The summed E-state index contributed by atoms with van der Waals surface area (Å²) in [5, 5.41) is 3.18. The maximum absolute atomic E-state index is 13.2. The Bertz CT molecular complexity index is 1330. The predicted molar refractivity (Wildman–Crippen MR) is 139 cm³/mol. The van der Waals surface area contributed by atoms with E-state index < -0.39 is 0 Å². The number of morpholine rings is 1. The van der Waals surface area contributed by atoms with Crippen LogP contribution < -0.4 is 15.0 Å². The highest BCUT2D eigenvalue weighted by atomic mass is 16.5. The second kappa shape index (κ2) is 11.3. The van der Waals surface area contributed by atoms with Crippen molar-refractivity contribution >= 4 is 23.3 Å². The molecule has 0 aliphatic carbocycles. The van der Waals surface area contributed by atoms with Gasteiger partial charge in [-0.25, -0.2) is 9.97 Å². The number of aromatic nitrogens is 2. The van der Waals surface area contributed by atoms with Gasteiger partial charge in [0.15, 0.2) is 17.9 Å². The molecule has 0 spiro atoms. The van der Waals surface area contributed by atoms with Crippen molar-refractivity contribution in [3.8, 4) is 28.4 Å². The first-order chi connectivity index (χ1) is 18.2. The summed E-state index contributed by atoms with van der Waals surface area (Å²) in [4.78, 5) is 25.5. The number of nitrogens with zero attached hydrogens (tertiary/aromatic N) is 4. The van der Waals surface area contributed by atoms with E-state index in [9.17, 15) is 4.79 Å². The number of ether oxygens (including phenoxy) is 2. The van der Waals surface area contributed by atoms with Crippen molar-refractivity contribution < 1.29 is 23.1 Å². The van der Waals surface area contributed by atoms with Crippen LogP contribution in [0.2, 0.25) is 0 Å². The fraction of sp³-hybridized carbons (Fsp3) is 0.296. The number of hydrogen-bond acceptors (Lipinski definition) is 9. The summed E-state index contributed by atoms with van der Waals surface area (Å²) < 4.78 is 22.4. The van der Waals surface area contributed by atoms with Gasteiger partial charge < -0.3 is 28.5 Å². The Kier molecular flexibility index (Phi) is 7.48. The SMILES string of the molecule is CCN(C(=O)CN1CCOCC1)c1ccccc1-c1cnc(Nc2ccc(-c3cnco3)c(OC)c2)o1. The quantitative estimate of drug-likeness (QED) is 0.355. The van der Waals surface area contributed by atoms with Crippen molar-refractivity contribution in [2.75, 3.05) is 56.7 Å². The number of carbonyl (C=O) groups excluding carboxylic acids is 1. The van der Waals surface area contributed by atoms with E-state index in [1.54, 1.807) is 24.4 Å². The molecule has 2 aromatic carbocycles. The van der Waals surface area contributed by atoms with E-state index in [4.69, 9.17) is 18.3 Å². The van der Waals surface area contributed by atoms with Gasteiger partial charge in [0.25, 0.3) is 6.01 Å². The summed E-state index contributed by atoms with van der Waals surface area (Å²) in [5.41, 5.74) is 3.09. The van der Waals surface area contributed by atoms with E-state index in [-0.39, 0.29) is 5.91 Å². The topological polar surface area (TPSA) is 106 Å². The van der Waals surface area contributed by atoms with E-state index in [0.29, 0.717) is 49.6 Å². The number of likely N-dealkylation sites (N-methyl/N-ethyl adjacent to an activating group) is 1. The minimum absolute atomic E-state index is 0.0358. The van der Waals surface area contributed by atoms with E-state index in [1.807, 2.05) is 49.4 Å². The molecular formula is C27H29N5O5. The van der Waals surface area contributed by atoms with Crippen molar-refractivity contribution in [3.63, 3.8) is 0 Å². The van der Waals surface area contributed by atoms with Crippen molar-refractivity contribution in [2.24, 2.45) is 0 Å². The van der Waals surface area contributed by atoms with Crippen LogP contribution >= 0.6 is 0 Å². The van der Waals surface area contributed by atoms with Crippen LogP contribution in [0.5, 0.6) is 5.75 Å². The maximum atomic E-state index is 13.2. The van der Waals surface area contributed by atoms with Crippen LogP contribution in [0.3, 0.4) is 0 Å². The number of para-hydroxylation sites is 1. The first kappa shape index (κ1) is 24.5. The molecule has 1 N–H and O–H groups in total. The number of hydrogen-bond donors (Lipinski definition) is 1. The fourth-order valence-corrected chi connectivity index (χ4v) is 4.34. The molecule has 37 heavy (non-hydrogen) atoms. The minimum atomic E-state index is 0.0358. The van der Waals surface area contributed by atoms with Gasteiger partial charge in [-0.1, -0.05) is 12.1 Å². The Labute approximate surface area is 214 Å². The first-order valence-corrected chi connectivity index (χ1v) is 12.2. The molecule has 0 unspecified atom stereocenters. The predicted octanol–water partition coefficient (Wildman–Crippen LogP) is 4.43. The molecule has 0 radical (unpaired) electrons. The number of oxazole rings is 2. The zero-order chi connectivity index (χ0) is 25.6. The average Bonchev–Trinajstić information content (AvgIpc) is 3.63. The lowest BCUT2D eigenvalue weighted by Crippen LogP contribution is -2.45. The van der Waals surface area contributed by atoms with E-state index in [2.05, 4.69) is 20.2 Å². The van der Waals surface area contributed by atoms with E-state index in [1.165, 1.54) is 6.39 Å². The highest BCUT2D eigenvalue weighted by Crippen LogP contribution is 2.35. The highest BCUT2D eigenvalue weighted by molar-refractivity contribution is 5.98. The molecule has 4 aromatic rings. The molecule has 3 heterocycles. The molecule has 1 aliphatic rings. The Balaban J connectivity index is 1.35. The van der Waals surface area contributed by atoms with Gasteiger partial charge in [0.1, 0.15) is 5.75 Å². The number of carbonyl (C=O) groups is 1. The van der Waals surface area contributed by atoms with Gasteiger partial charge in [0, 0.05) is 37.0 Å². The third-order valence-corrected chi connectivity index (χ3v) is 6.20. The van der Waals surface area contributed by atoms with Crippen molar-refractivity contribution in [1.82, 2.24) is 14.9 Å². The molecular weight excluding hydrogens is 474 g/mol. The second-order valence-electron chi connectivity index (χ2n) is 8.48. The number of nitrogens with one attached hydrogen (secondary N) is 1. The lowest BCUT2D eigenvalue weighted by atomic mass is 10.1. The molecule has 5 rings (SSSR count). The first-order valence-electron chi connectivity index (χ1n) is 12.2. The third-order valence-electron chi connectivity index (χ3n) is 6.20. The van der Waals surface area contributed by atoms with Gasteiger partial charge in [0.05, 0.1) is 50.5 Å². The van der Waals surface area contributed by atoms with Crippen molar-refractivity contribution in [1.29, 1.82) is 0 Å². The standard InChI is InChI=1S/C27H29N5O5/c1-3-32(26(33)17-31-10-12-35-13-11-31)22-7-5-4-6-20(22)25-16-29-27(37-25)30-19-8-9-21(23(14-19)34-2)24-15-28-18-36-24/h4-9,14-16,18H,3,10-13,17H2,1-2H3,(H,29,30). The Hall–Kier alpha value is -4.15. The lowest BCUT2D eigenvalue weighted by molar-refractivity contribution is -0.120. The summed E-state index contributed by atoms with van der Waals surface area (Å²) in [6, 6.07) is 13.6. The number of benzene rings is 2. The third kappa shape index (κ3) is 5.50. The number of methoxy groups -OCH3 is 1. The number of rotatable bonds is 9. The Morgan fingerprint density at radius 3 is 2.70 bits per heavy atom. The summed E-state index contributed by atoms with van der Waals surface area (Å²) in [7, 11) is 1.60. The molecule has 0 saturated carbocycles. The van der Waals surface area contributed by atoms with Crippen LogP contribution in [-0.4, -0.2) is 67.3 Å². The van der Waals surface area contributed by atoms with Gasteiger partial charge in [-0.15, -0.1) is 0 Å².